The van der Waals surface area contributed by atoms with Crippen molar-refractivity contribution in [1.82, 2.24) is 14.9 Å². The van der Waals surface area contributed by atoms with Crippen LogP contribution in [-0.2, 0) is 24.3 Å². The molecule has 130 valence electrons. The Balaban J connectivity index is 1.62. The van der Waals surface area contributed by atoms with Crippen LogP contribution in [0, 0.1) is 0 Å². The first-order valence-electron chi connectivity index (χ1n) is 8.63. The molecule has 1 heterocycles. The van der Waals surface area contributed by atoms with Gasteiger partial charge < -0.3 is 14.6 Å². The lowest BCUT2D eigenvalue weighted by Crippen LogP contribution is -2.26. The van der Waals surface area contributed by atoms with Crippen molar-refractivity contribution in [2.24, 2.45) is 0 Å². The molecule has 25 heavy (non-hydrogen) atoms. The Labute approximate surface area is 147 Å². The number of aryl methyl sites for hydroxylation is 1. The zero-order valence-electron chi connectivity index (χ0n) is 14.7. The molecular weight excluding hydrogens is 314 g/mol. The summed E-state index contributed by atoms with van der Waals surface area (Å²) in [6.45, 7) is 5.92. The second-order valence-corrected chi connectivity index (χ2v) is 5.79. The van der Waals surface area contributed by atoms with Crippen molar-refractivity contribution in [2.45, 2.75) is 33.4 Å². The van der Waals surface area contributed by atoms with E-state index in [2.05, 4.69) is 27.9 Å². The Kier molecular flexibility index (Phi) is 5.33. The molecule has 0 saturated heterocycles. The Morgan fingerprint density at radius 3 is 2.60 bits per heavy atom. The van der Waals surface area contributed by atoms with Crippen LogP contribution in [0.2, 0.25) is 0 Å². The number of aromatic nitrogens is 2. The van der Waals surface area contributed by atoms with Crippen LogP contribution in [0.5, 0.6) is 5.75 Å². The number of benzene rings is 2. The molecule has 1 amide bonds. The first-order chi connectivity index (χ1) is 12.2. The molecule has 0 spiro atoms. The van der Waals surface area contributed by atoms with Gasteiger partial charge in [-0.3, -0.25) is 4.79 Å². The predicted octanol–water partition coefficient (Wildman–Crippen LogP) is 3.31. The maximum atomic E-state index is 12.2. The summed E-state index contributed by atoms with van der Waals surface area (Å²) in [5.74, 6) is 1.69. The summed E-state index contributed by atoms with van der Waals surface area (Å²) in [6.07, 6.45) is 0.346. The molecule has 0 aliphatic heterocycles. The van der Waals surface area contributed by atoms with Crippen molar-refractivity contribution in [3.63, 3.8) is 0 Å². The second kappa shape index (κ2) is 7.83. The van der Waals surface area contributed by atoms with Gasteiger partial charge in [-0.25, -0.2) is 4.98 Å². The smallest absolute Gasteiger partial charge is 0.224 e. The fourth-order valence-corrected chi connectivity index (χ4v) is 2.91. The van der Waals surface area contributed by atoms with E-state index in [0.29, 0.717) is 19.6 Å². The predicted molar refractivity (Wildman–Crippen MR) is 98.6 cm³/mol. The first kappa shape index (κ1) is 17.0. The van der Waals surface area contributed by atoms with E-state index in [1.165, 1.54) is 0 Å². The first-order valence-corrected chi connectivity index (χ1v) is 8.63. The van der Waals surface area contributed by atoms with E-state index in [4.69, 9.17) is 4.74 Å². The molecule has 2 aromatic carbocycles. The lowest BCUT2D eigenvalue weighted by Gasteiger charge is -2.08. The number of carbonyl (C=O) groups excluding carboxylic acids is 1. The minimum absolute atomic E-state index is 0.0149. The highest BCUT2D eigenvalue weighted by Crippen LogP contribution is 2.16. The summed E-state index contributed by atoms with van der Waals surface area (Å²) in [6, 6.07) is 15.7. The SMILES string of the molecule is CCOc1ccc(CC(=O)NCc2nc3ccccc3n2CC)cc1. The van der Waals surface area contributed by atoms with Crippen molar-refractivity contribution >= 4 is 16.9 Å². The Morgan fingerprint density at radius 1 is 1.12 bits per heavy atom. The molecule has 0 aliphatic carbocycles. The second-order valence-electron chi connectivity index (χ2n) is 5.79. The molecule has 0 fully saturated rings. The van der Waals surface area contributed by atoms with E-state index in [-0.39, 0.29) is 5.91 Å². The lowest BCUT2D eigenvalue weighted by molar-refractivity contribution is -0.120. The summed E-state index contributed by atoms with van der Waals surface area (Å²) in [4.78, 5) is 16.9. The number of para-hydroxylation sites is 2. The third kappa shape index (κ3) is 3.99. The standard InChI is InChI=1S/C20H23N3O2/c1-3-23-18-8-6-5-7-17(18)22-19(23)14-21-20(24)13-15-9-11-16(12-10-15)25-4-2/h5-12H,3-4,13-14H2,1-2H3,(H,21,24). The third-order valence-corrected chi connectivity index (χ3v) is 4.09. The molecule has 3 rings (SSSR count). The Hall–Kier alpha value is -2.82. The van der Waals surface area contributed by atoms with Gasteiger partial charge in [0.25, 0.3) is 0 Å². The van der Waals surface area contributed by atoms with E-state index in [9.17, 15) is 4.79 Å². The number of imidazole rings is 1. The van der Waals surface area contributed by atoms with Crippen LogP contribution >= 0.6 is 0 Å². The molecule has 0 radical (unpaired) electrons. The Morgan fingerprint density at radius 2 is 1.88 bits per heavy atom. The zero-order valence-corrected chi connectivity index (χ0v) is 14.7. The zero-order chi connectivity index (χ0) is 17.6. The number of nitrogens with zero attached hydrogens (tertiary/aromatic N) is 2. The van der Waals surface area contributed by atoms with Gasteiger partial charge in [0.2, 0.25) is 5.91 Å². The van der Waals surface area contributed by atoms with Gasteiger partial charge in [-0.1, -0.05) is 24.3 Å². The summed E-state index contributed by atoms with van der Waals surface area (Å²) < 4.78 is 7.55. The van der Waals surface area contributed by atoms with Gasteiger partial charge in [0.15, 0.2) is 0 Å². The topological polar surface area (TPSA) is 56.1 Å². The van der Waals surface area contributed by atoms with E-state index >= 15 is 0 Å². The highest BCUT2D eigenvalue weighted by Gasteiger charge is 2.10. The number of carbonyl (C=O) groups is 1. The molecule has 0 unspecified atom stereocenters. The number of ether oxygens (including phenoxy) is 1. The summed E-state index contributed by atoms with van der Waals surface area (Å²) in [5, 5.41) is 2.97. The average molecular weight is 337 g/mol. The van der Waals surface area contributed by atoms with Gasteiger partial charge in [-0.15, -0.1) is 0 Å². The minimum Gasteiger partial charge on any atom is -0.494 e. The van der Waals surface area contributed by atoms with Crippen molar-refractivity contribution < 1.29 is 9.53 Å². The van der Waals surface area contributed by atoms with Crippen molar-refractivity contribution in [3.8, 4) is 5.75 Å². The molecule has 5 heteroatoms. The monoisotopic (exact) mass is 337 g/mol. The molecule has 0 bridgehead atoms. The van der Waals surface area contributed by atoms with Gasteiger partial charge >= 0.3 is 0 Å². The van der Waals surface area contributed by atoms with Gasteiger partial charge in [-0.2, -0.15) is 0 Å². The quantitative estimate of drug-likeness (QED) is 0.719. The number of hydrogen-bond donors (Lipinski definition) is 1. The van der Waals surface area contributed by atoms with Gasteiger partial charge in [0, 0.05) is 6.54 Å². The molecule has 3 aromatic rings. The summed E-state index contributed by atoms with van der Waals surface area (Å²) in [7, 11) is 0. The normalized spacial score (nSPS) is 10.8. The van der Waals surface area contributed by atoms with Crippen LogP contribution in [0.3, 0.4) is 0 Å². The van der Waals surface area contributed by atoms with Crippen molar-refractivity contribution in [3.05, 3.63) is 59.9 Å². The average Bonchev–Trinajstić information content (AvgIpc) is 2.99. The largest absolute Gasteiger partial charge is 0.494 e. The van der Waals surface area contributed by atoms with Crippen LogP contribution in [-0.4, -0.2) is 22.1 Å². The lowest BCUT2D eigenvalue weighted by atomic mass is 10.1. The van der Waals surface area contributed by atoms with Crippen LogP contribution in [0.15, 0.2) is 48.5 Å². The maximum absolute atomic E-state index is 12.2. The fourth-order valence-electron chi connectivity index (χ4n) is 2.91. The van der Waals surface area contributed by atoms with E-state index < -0.39 is 0 Å². The third-order valence-electron chi connectivity index (χ3n) is 4.09. The number of hydrogen-bond acceptors (Lipinski definition) is 3. The molecule has 1 aromatic heterocycles. The van der Waals surface area contributed by atoms with Gasteiger partial charge in [0.05, 0.1) is 30.6 Å². The Bertz CT molecular complexity index is 853. The molecule has 5 nitrogen and oxygen atoms in total. The van der Waals surface area contributed by atoms with E-state index in [1.54, 1.807) is 0 Å². The number of nitrogens with one attached hydrogen (secondary N) is 1. The number of rotatable bonds is 7. The summed E-state index contributed by atoms with van der Waals surface area (Å²) in [5.41, 5.74) is 3.02. The fraction of sp³-hybridized carbons (Fsp3) is 0.300. The molecule has 1 N–H and O–H groups in total. The van der Waals surface area contributed by atoms with Gasteiger partial charge in [0.1, 0.15) is 11.6 Å². The van der Waals surface area contributed by atoms with Crippen LogP contribution in [0.25, 0.3) is 11.0 Å². The molecule has 0 saturated carbocycles. The van der Waals surface area contributed by atoms with E-state index in [0.717, 1.165) is 34.7 Å². The summed E-state index contributed by atoms with van der Waals surface area (Å²) >= 11 is 0. The van der Waals surface area contributed by atoms with Crippen molar-refractivity contribution in [2.75, 3.05) is 6.61 Å². The van der Waals surface area contributed by atoms with Crippen LogP contribution < -0.4 is 10.1 Å². The minimum atomic E-state index is -0.0149. The van der Waals surface area contributed by atoms with Gasteiger partial charge in [-0.05, 0) is 43.7 Å². The molecule has 0 atom stereocenters. The van der Waals surface area contributed by atoms with Crippen LogP contribution in [0.1, 0.15) is 25.2 Å². The highest BCUT2D eigenvalue weighted by molar-refractivity contribution is 5.79. The number of fused-ring (bicyclic) bond motifs is 1. The number of amides is 1. The molecule has 0 aliphatic rings. The molecular formula is C20H23N3O2. The van der Waals surface area contributed by atoms with E-state index in [1.807, 2.05) is 49.4 Å². The maximum Gasteiger partial charge on any atom is 0.224 e. The van der Waals surface area contributed by atoms with Crippen molar-refractivity contribution in [1.29, 1.82) is 0 Å². The highest BCUT2D eigenvalue weighted by atomic mass is 16.5. The van der Waals surface area contributed by atoms with Crippen LogP contribution in [0.4, 0.5) is 0 Å².